The molecular weight excluding hydrogens is 154 g/mol. The van der Waals surface area contributed by atoms with Gasteiger partial charge in [-0.2, -0.15) is 0 Å². The molecule has 0 aromatic heterocycles. The number of benzene rings is 1. The Labute approximate surface area is 70.6 Å². The molecule has 1 rings (SSSR count). The molecule has 64 valence electrons. The van der Waals surface area contributed by atoms with Crippen molar-refractivity contribution in [3.8, 4) is 0 Å². The fourth-order valence-corrected chi connectivity index (χ4v) is 0.895. The Balaban J connectivity index is 2.89. The Kier molecular flexibility index (Phi) is 2.42. The van der Waals surface area contributed by atoms with E-state index in [1.165, 1.54) is 0 Å². The van der Waals surface area contributed by atoms with E-state index in [1.54, 1.807) is 24.3 Å². The van der Waals surface area contributed by atoms with Gasteiger partial charge in [-0.25, -0.2) is 0 Å². The second-order valence-corrected chi connectivity index (χ2v) is 2.50. The zero-order chi connectivity index (χ0) is 9.03. The first-order valence-corrected chi connectivity index (χ1v) is 3.51. The lowest BCUT2D eigenvalue weighted by Crippen LogP contribution is -2.57. The van der Waals surface area contributed by atoms with Gasteiger partial charge in [0.2, 0.25) is 6.41 Å². The standard InChI is InChI=1S/C8H11N3O/c9-8(10,11-6-12)7-4-2-1-3-5-7/h1-6H,9-10H2,(H,11,12). The molecule has 0 aliphatic carbocycles. The highest BCUT2D eigenvalue weighted by Gasteiger charge is 2.19. The predicted molar refractivity (Wildman–Crippen MR) is 45.7 cm³/mol. The second-order valence-electron chi connectivity index (χ2n) is 2.50. The highest BCUT2D eigenvalue weighted by Crippen LogP contribution is 2.07. The molecule has 0 bridgehead atoms. The van der Waals surface area contributed by atoms with Crippen LogP contribution in [0.25, 0.3) is 0 Å². The van der Waals surface area contributed by atoms with Crippen LogP contribution in [0.2, 0.25) is 0 Å². The van der Waals surface area contributed by atoms with Crippen LogP contribution in [0.5, 0.6) is 0 Å². The average molecular weight is 165 g/mol. The van der Waals surface area contributed by atoms with E-state index in [-0.39, 0.29) is 0 Å². The number of carbonyl (C=O) groups excluding carboxylic acids is 1. The summed E-state index contributed by atoms with van der Waals surface area (Å²) in [7, 11) is 0. The highest BCUT2D eigenvalue weighted by molar-refractivity contribution is 5.48. The number of amides is 1. The van der Waals surface area contributed by atoms with Gasteiger partial charge in [0.1, 0.15) is 0 Å². The van der Waals surface area contributed by atoms with Crippen molar-refractivity contribution in [2.45, 2.75) is 5.79 Å². The maximum atomic E-state index is 10.1. The summed E-state index contributed by atoms with van der Waals surface area (Å²) < 4.78 is 0. The van der Waals surface area contributed by atoms with E-state index < -0.39 is 5.79 Å². The maximum absolute atomic E-state index is 10.1. The van der Waals surface area contributed by atoms with Crippen molar-refractivity contribution >= 4 is 6.41 Å². The lowest BCUT2D eigenvalue weighted by molar-refractivity contribution is -0.111. The van der Waals surface area contributed by atoms with Gasteiger partial charge in [0.05, 0.1) is 0 Å². The van der Waals surface area contributed by atoms with Gasteiger partial charge in [0.15, 0.2) is 5.79 Å². The fraction of sp³-hybridized carbons (Fsp3) is 0.125. The molecule has 0 atom stereocenters. The summed E-state index contributed by atoms with van der Waals surface area (Å²) in [4.78, 5) is 10.1. The smallest absolute Gasteiger partial charge is 0.209 e. The van der Waals surface area contributed by atoms with Crippen molar-refractivity contribution in [1.82, 2.24) is 5.32 Å². The van der Waals surface area contributed by atoms with Crippen LogP contribution in [0.4, 0.5) is 0 Å². The summed E-state index contributed by atoms with van der Waals surface area (Å²) in [6.45, 7) is 0. The third-order valence-electron chi connectivity index (χ3n) is 1.55. The lowest BCUT2D eigenvalue weighted by atomic mass is 10.1. The van der Waals surface area contributed by atoms with Crippen molar-refractivity contribution in [3.63, 3.8) is 0 Å². The van der Waals surface area contributed by atoms with Crippen LogP contribution in [0, 0.1) is 0 Å². The molecule has 0 unspecified atom stereocenters. The minimum Gasteiger partial charge on any atom is -0.325 e. The zero-order valence-corrected chi connectivity index (χ0v) is 6.53. The van der Waals surface area contributed by atoms with Crippen LogP contribution in [-0.4, -0.2) is 6.41 Å². The van der Waals surface area contributed by atoms with Gasteiger partial charge in [-0.05, 0) is 0 Å². The number of nitrogens with one attached hydrogen (secondary N) is 1. The number of rotatable bonds is 3. The first kappa shape index (κ1) is 8.70. The SMILES string of the molecule is NC(N)(NC=O)c1ccccc1. The van der Waals surface area contributed by atoms with Gasteiger partial charge in [0.25, 0.3) is 0 Å². The molecule has 0 spiro atoms. The van der Waals surface area contributed by atoms with Crippen molar-refractivity contribution in [2.24, 2.45) is 11.5 Å². The number of carbonyl (C=O) groups is 1. The third-order valence-corrected chi connectivity index (χ3v) is 1.55. The lowest BCUT2D eigenvalue weighted by Gasteiger charge is -2.23. The first-order valence-electron chi connectivity index (χ1n) is 3.51. The topological polar surface area (TPSA) is 81.1 Å². The van der Waals surface area contributed by atoms with E-state index in [2.05, 4.69) is 5.32 Å². The number of hydrogen-bond acceptors (Lipinski definition) is 3. The Morgan fingerprint density at radius 1 is 1.25 bits per heavy atom. The quantitative estimate of drug-likeness (QED) is 0.415. The average Bonchev–Trinajstić information content (AvgIpc) is 2.06. The summed E-state index contributed by atoms with van der Waals surface area (Å²) in [5, 5.41) is 2.31. The van der Waals surface area contributed by atoms with Crippen LogP contribution in [0.3, 0.4) is 0 Å². The third kappa shape index (κ3) is 1.81. The molecule has 0 saturated carbocycles. The maximum Gasteiger partial charge on any atom is 0.209 e. The van der Waals surface area contributed by atoms with E-state index in [0.29, 0.717) is 12.0 Å². The Morgan fingerprint density at radius 3 is 2.33 bits per heavy atom. The minimum absolute atomic E-state index is 0.479. The zero-order valence-electron chi connectivity index (χ0n) is 6.53. The van der Waals surface area contributed by atoms with Crippen LogP contribution < -0.4 is 16.8 Å². The van der Waals surface area contributed by atoms with Gasteiger partial charge >= 0.3 is 0 Å². The molecule has 4 heteroatoms. The Morgan fingerprint density at radius 2 is 1.83 bits per heavy atom. The van der Waals surface area contributed by atoms with Gasteiger partial charge in [0, 0.05) is 5.56 Å². The normalized spacial score (nSPS) is 10.8. The number of nitrogens with two attached hydrogens (primary N) is 2. The van der Waals surface area contributed by atoms with Crippen molar-refractivity contribution < 1.29 is 4.79 Å². The molecule has 0 saturated heterocycles. The summed E-state index contributed by atoms with van der Waals surface area (Å²) in [5.74, 6) is -1.27. The molecule has 1 aromatic carbocycles. The molecule has 0 aliphatic rings. The minimum atomic E-state index is -1.27. The van der Waals surface area contributed by atoms with E-state index >= 15 is 0 Å². The van der Waals surface area contributed by atoms with Gasteiger partial charge in [-0.3, -0.25) is 16.3 Å². The second kappa shape index (κ2) is 3.34. The molecule has 0 radical (unpaired) electrons. The molecule has 0 aliphatic heterocycles. The monoisotopic (exact) mass is 165 g/mol. The largest absolute Gasteiger partial charge is 0.325 e. The summed E-state index contributed by atoms with van der Waals surface area (Å²) in [6, 6.07) is 8.94. The highest BCUT2D eigenvalue weighted by atomic mass is 16.1. The Bertz CT molecular complexity index is 258. The van der Waals surface area contributed by atoms with Gasteiger partial charge < -0.3 is 5.32 Å². The van der Waals surface area contributed by atoms with E-state index in [4.69, 9.17) is 11.5 Å². The van der Waals surface area contributed by atoms with Crippen LogP contribution in [0.15, 0.2) is 30.3 Å². The van der Waals surface area contributed by atoms with Crippen molar-refractivity contribution in [1.29, 1.82) is 0 Å². The van der Waals surface area contributed by atoms with Crippen LogP contribution in [-0.2, 0) is 10.6 Å². The Hall–Kier alpha value is -1.39. The molecule has 12 heavy (non-hydrogen) atoms. The van der Waals surface area contributed by atoms with Crippen molar-refractivity contribution in [3.05, 3.63) is 35.9 Å². The summed E-state index contributed by atoms with van der Waals surface area (Å²) >= 11 is 0. The molecule has 0 fully saturated rings. The summed E-state index contributed by atoms with van der Waals surface area (Å²) in [6.07, 6.45) is 0.479. The van der Waals surface area contributed by atoms with Crippen molar-refractivity contribution in [2.75, 3.05) is 0 Å². The fourth-order valence-electron chi connectivity index (χ4n) is 0.895. The van der Waals surface area contributed by atoms with Gasteiger partial charge in [-0.15, -0.1) is 0 Å². The number of hydrogen-bond donors (Lipinski definition) is 3. The van der Waals surface area contributed by atoms with Crippen LogP contribution >= 0.6 is 0 Å². The molecule has 1 aromatic rings. The molecule has 0 heterocycles. The van der Waals surface area contributed by atoms with E-state index in [1.807, 2.05) is 6.07 Å². The van der Waals surface area contributed by atoms with Crippen LogP contribution in [0.1, 0.15) is 5.56 Å². The predicted octanol–water partition coefficient (Wildman–Crippen LogP) is -0.540. The molecule has 4 nitrogen and oxygen atoms in total. The van der Waals surface area contributed by atoms with Gasteiger partial charge in [-0.1, -0.05) is 30.3 Å². The van der Waals surface area contributed by atoms with E-state index in [0.717, 1.165) is 0 Å². The first-order chi connectivity index (χ1) is 5.67. The molecule has 5 N–H and O–H groups in total. The molecular formula is C8H11N3O. The van der Waals surface area contributed by atoms with E-state index in [9.17, 15) is 4.79 Å². The molecule has 1 amide bonds. The summed E-state index contributed by atoms with van der Waals surface area (Å²) in [5.41, 5.74) is 11.8.